The Bertz CT molecular complexity index is 1180. The van der Waals surface area contributed by atoms with Crippen LogP contribution in [0.5, 0.6) is 0 Å². The van der Waals surface area contributed by atoms with Gasteiger partial charge in [-0.2, -0.15) is 0 Å². The Morgan fingerprint density at radius 3 is 2.68 bits per heavy atom. The van der Waals surface area contributed by atoms with E-state index in [0.717, 1.165) is 10.8 Å². The Balaban J connectivity index is 1.36. The minimum Gasteiger partial charge on any atom is -0.455 e. The first-order valence-electron chi connectivity index (χ1n) is 9.62. The third-order valence-corrected chi connectivity index (χ3v) is 5.62. The molecule has 1 atom stereocenters. The van der Waals surface area contributed by atoms with Crippen LogP contribution in [0.2, 0.25) is 10.0 Å². The standard InChI is InChI=1S/C23H18Cl2N2O4/c24-16-8-9-18(25)20(11-16)27-12-15(10-22(27)29)23(30)31-13-21(28)26-19-7-3-5-14-4-1-2-6-17(14)19/h1-9,11,15H,10,12-13H2,(H,26,28)/t15-/m1/s1. The Hall–Kier alpha value is -3.09. The monoisotopic (exact) mass is 456 g/mol. The van der Waals surface area contributed by atoms with E-state index in [2.05, 4.69) is 5.32 Å². The highest BCUT2D eigenvalue weighted by atomic mass is 35.5. The molecule has 4 rings (SSSR count). The Labute approximate surface area is 188 Å². The molecule has 0 unspecified atom stereocenters. The molecule has 0 aromatic heterocycles. The zero-order valence-electron chi connectivity index (χ0n) is 16.3. The lowest BCUT2D eigenvalue weighted by Gasteiger charge is -2.18. The fourth-order valence-electron chi connectivity index (χ4n) is 3.57. The summed E-state index contributed by atoms with van der Waals surface area (Å²) < 4.78 is 5.17. The second kappa shape index (κ2) is 8.96. The van der Waals surface area contributed by atoms with Gasteiger partial charge < -0.3 is 15.0 Å². The maximum absolute atomic E-state index is 12.4. The summed E-state index contributed by atoms with van der Waals surface area (Å²) in [5.74, 6) is -2.01. The number of hydrogen-bond donors (Lipinski definition) is 1. The number of esters is 1. The van der Waals surface area contributed by atoms with Gasteiger partial charge in [-0.15, -0.1) is 0 Å². The minimum absolute atomic E-state index is 0.0212. The summed E-state index contributed by atoms with van der Waals surface area (Å²) in [5.41, 5.74) is 1.08. The normalized spacial score (nSPS) is 15.9. The number of nitrogens with one attached hydrogen (secondary N) is 1. The molecule has 1 aliphatic heterocycles. The van der Waals surface area contributed by atoms with E-state index in [1.807, 2.05) is 36.4 Å². The molecule has 8 heteroatoms. The first-order valence-corrected chi connectivity index (χ1v) is 10.4. The molecule has 0 radical (unpaired) electrons. The van der Waals surface area contributed by atoms with Crippen molar-refractivity contribution < 1.29 is 19.1 Å². The van der Waals surface area contributed by atoms with Crippen molar-refractivity contribution in [1.29, 1.82) is 0 Å². The van der Waals surface area contributed by atoms with Gasteiger partial charge in [-0.1, -0.05) is 59.6 Å². The van der Waals surface area contributed by atoms with Crippen LogP contribution in [-0.2, 0) is 19.1 Å². The molecule has 3 aromatic rings. The van der Waals surface area contributed by atoms with E-state index in [1.54, 1.807) is 24.3 Å². The van der Waals surface area contributed by atoms with Crippen molar-refractivity contribution in [3.8, 4) is 0 Å². The number of ether oxygens (including phenoxy) is 1. The number of hydrogen-bond acceptors (Lipinski definition) is 4. The van der Waals surface area contributed by atoms with Crippen LogP contribution < -0.4 is 10.2 Å². The van der Waals surface area contributed by atoms with Gasteiger partial charge in [0.1, 0.15) is 0 Å². The van der Waals surface area contributed by atoms with E-state index >= 15 is 0 Å². The smallest absolute Gasteiger partial charge is 0.311 e. The Morgan fingerprint density at radius 1 is 1.06 bits per heavy atom. The minimum atomic E-state index is -0.687. The average Bonchev–Trinajstić information content (AvgIpc) is 3.15. The number of benzene rings is 3. The van der Waals surface area contributed by atoms with Crippen LogP contribution in [0.15, 0.2) is 60.7 Å². The molecular formula is C23H18Cl2N2O4. The van der Waals surface area contributed by atoms with Gasteiger partial charge >= 0.3 is 5.97 Å². The maximum atomic E-state index is 12.4. The van der Waals surface area contributed by atoms with Crippen LogP contribution in [-0.4, -0.2) is 30.9 Å². The van der Waals surface area contributed by atoms with Crippen molar-refractivity contribution in [3.63, 3.8) is 0 Å². The summed E-state index contributed by atoms with van der Waals surface area (Å²) >= 11 is 12.2. The fourth-order valence-corrected chi connectivity index (χ4v) is 3.95. The summed E-state index contributed by atoms with van der Waals surface area (Å²) in [6, 6.07) is 18.0. The van der Waals surface area contributed by atoms with Crippen LogP contribution in [0.25, 0.3) is 10.8 Å². The van der Waals surface area contributed by atoms with E-state index in [-0.39, 0.29) is 18.9 Å². The first-order chi connectivity index (χ1) is 14.9. The van der Waals surface area contributed by atoms with Crippen molar-refractivity contribution >= 4 is 63.1 Å². The number of anilines is 2. The quantitative estimate of drug-likeness (QED) is 0.565. The number of nitrogens with zero attached hydrogens (tertiary/aromatic N) is 1. The van der Waals surface area contributed by atoms with Crippen molar-refractivity contribution in [2.24, 2.45) is 5.92 Å². The predicted molar refractivity (Wildman–Crippen MR) is 120 cm³/mol. The lowest BCUT2D eigenvalue weighted by Crippen LogP contribution is -2.28. The molecular weight excluding hydrogens is 439 g/mol. The lowest BCUT2D eigenvalue weighted by atomic mass is 10.1. The Morgan fingerprint density at radius 2 is 1.84 bits per heavy atom. The largest absolute Gasteiger partial charge is 0.455 e. The maximum Gasteiger partial charge on any atom is 0.311 e. The van der Waals surface area contributed by atoms with Crippen LogP contribution in [0.1, 0.15) is 6.42 Å². The molecule has 0 bridgehead atoms. The van der Waals surface area contributed by atoms with Gasteiger partial charge in [-0.3, -0.25) is 14.4 Å². The molecule has 1 fully saturated rings. The van der Waals surface area contributed by atoms with Crippen LogP contribution >= 0.6 is 23.2 Å². The molecule has 1 saturated heterocycles. The topological polar surface area (TPSA) is 75.7 Å². The summed E-state index contributed by atoms with van der Waals surface area (Å²) in [6.07, 6.45) is -0.0212. The molecule has 0 spiro atoms. The van der Waals surface area contributed by atoms with Crippen LogP contribution in [0.4, 0.5) is 11.4 Å². The number of amides is 2. The number of halogens is 2. The van der Waals surface area contributed by atoms with Crippen LogP contribution in [0, 0.1) is 5.92 Å². The van der Waals surface area contributed by atoms with Crippen molar-refractivity contribution in [2.75, 3.05) is 23.4 Å². The number of carbonyl (C=O) groups is 3. The molecule has 2 amide bonds. The molecule has 0 saturated carbocycles. The molecule has 1 N–H and O–H groups in total. The first kappa shape index (κ1) is 21.2. The SMILES string of the molecule is O=C(COC(=O)[C@@H]1CC(=O)N(c2cc(Cl)ccc2Cl)C1)Nc1cccc2ccccc12. The molecule has 1 heterocycles. The number of fused-ring (bicyclic) bond motifs is 1. The third kappa shape index (κ3) is 4.65. The van der Waals surface area contributed by atoms with Crippen molar-refractivity contribution in [1.82, 2.24) is 0 Å². The van der Waals surface area contributed by atoms with E-state index in [9.17, 15) is 14.4 Å². The van der Waals surface area contributed by atoms with E-state index in [0.29, 0.717) is 21.4 Å². The zero-order valence-corrected chi connectivity index (χ0v) is 17.8. The number of rotatable bonds is 5. The number of carbonyl (C=O) groups excluding carboxylic acids is 3. The van der Waals surface area contributed by atoms with Gasteiger partial charge in [0.15, 0.2) is 6.61 Å². The predicted octanol–water partition coefficient (Wildman–Crippen LogP) is 4.68. The molecule has 31 heavy (non-hydrogen) atoms. The van der Waals surface area contributed by atoms with E-state index in [1.165, 1.54) is 4.90 Å². The van der Waals surface area contributed by atoms with Gasteiger partial charge in [0.05, 0.1) is 16.6 Å². The van der Waals surface area contributed by atoms with Gasteiger partial charge in [0.25, 0.3) is 5.91 Å². The summed E-state index contributed by atoms with van der Waals surface area (Å²) in [7, 11) is 0. The van der Waals surface area contributed by atoms with E-state index in [4.69, 9.17) is 27.9 Å². The second-order valence-electron chi connectivity index (χ2n) is 7.18. The van der Waals surface area contributed by atoms with Gasteiger partial charge in [-0.25, -0.2) is 0 Å². The third-order valence-electron chi connectivity index (χ3n) is 5.07. The highest BCUT2D eigenvalue weighted by Crippen LogP contribution is 2.33. The second-order valence-corrected chi connectivity index (χ2v) is 8.03. The Kier molecular flexibility index (Phi) is 6.11. The van der Waals surface area contributed by atoms with Gasteiger partial charge in [0.2, 0.25) is 5.91 Å². The summed E-state index contributed by atoms with van der Waals surface area (Å²) in [4.78, 5) is 38.6. The van der Waals surface area contributed by atoms with Gasteiger partial charge in [-0.05, 0) is 29.7 Å². The fraction of sp³-hybridized carbons (Fsp3) is 0.174. The summed E-state index contributed by atoms with van der Waals surface area (Å²) in [5, 5.41) is 5.43. The zero-order chi connectivity index (χ0) is 22.0. The molecule has 6 nitrogen and oxygen atoms in total. The van der Waals surface area contributed by atoms with Crippen LogP contribution in [0.3, 0.4) is 0 Å². The molecule has 3 aromatic carbocycles. The van der Waals surface area contributed by atoms with Crippen molar-refractivity contribution in [2.45, 2.75) is 6.42 Å². The van der Waals surface area contributed by atoms with Gasteiger partial charge in [0, 0.05) is 29.1 Å². The lowest BCUT2D eigenvalue weighted by molar-refractivity contribution is -0.151. The average molecular weight is 457 g/mol. The highest BCUT2D eigenvalue weighted by Gasteiger charge is 2.37. The molecule has 158 valence electrons. The highest BCUT2D eigenvalue weighted by molar-refractivity contribution is 6.35. The summed E-state index contributed by atoms with van der Waals surface area (Å²) in [6.45, 7) is -0.326. The molecule has 0 aliphatic carbocycles. The van der Waals surface area contributed by atoms with Crippen molar-refractivity contribution in [3.05, 3.63) is 70.7 Å². The molecule has 1 aliphatic rings. The van der Waals surface area contributed by atoms with E-state index < -0.39 is 24.4 Å².